The standard InChI is InChI=1S/C36H47NO3/c38-31-19-22-35-33(27-31)36(34(28-40-35)29-15-9-8-10-16-29)30-17-20-32(21-18-30)39-26-14-7-5-3-1-2-4-6-11-23-37-24-12-13-25-37/h8-10,15-22,27,34,36,38H,1-7,11-14,23-26,28H2/t34-,36-/m0/s1. The van der Waals surface area contributed by atoms with Crippen molar-refractivity contribution in [3.63, 3.8) is 0 Å². The van der Waals surface area contributed by atoms with Crippen LogP contribution in [-0.2, 0) is 0 Å². The van der Waals surface area contributed by atoms with E-state index in [4.69, 9.17) is 9.47 Å². The second-order valence-electron chi connectivity index (χ2n) is 11.7. The Morgan fingerprint density at radius 1 is 0.725 bits per heavy atom. The molecule has 3 aromatic carbocycles. The van der Waals surface area contributed by atoms with Crippen LogP contribution in [0.15, 0.2) is 72.8 Å². The Morgan fingerprint density at radius 2 is 1.40 bits per heavy atom. The highest BCUT2D eigenvalue weighted by Crippen LogP contribution is 2.47. The minimum atomic E-state index is 0.109. The number of rotatable bonds is 15. The molecule has 5 rings (SSSR count). The summed E-state index contributed by atoms with van der Waals surface area (Å²) in [5.74, 6) is 2.34. The molecule has 0 aromatic heterocycles. The van der Waals surface area contributed by atoms with Crippen molar-refractivity contribution < 1.29 is 14.6 Å². The molecule has 40 heavy (non-hydrogen) atoms. The fraction of sp³-hybridized carbons (Fsp3) is 0.500. The third kappa shape index (κ3) is 8.04. The molecule has 0 amide bonds. The molecule has 0 radical (unpaired) electrons. The lowest BCUT2D eigenvalue weighted by molar-refractivity contribution is 0.248. The van der Waals surface area contributed by atoms with Gasteiger partial charge < -0.3 is 19.5 Å². The van der Waals surface area contributed by atoms with Crippen LogP contribution in [0.25, 0.3) is 0 Å². The summed E-state index contributed by atoms with van der Waals surface area (Å²) in [6.45, 7) is 5.38. The van der Waals surface area contributed by atoms with Gasteiger partial charge in [0.2, 0.25) is 0 Å². The Hall–Kier alpha value is -2.98. The van der Waals surface area contributed by atoms with Crippen LogP contribution in [0.5, 0.6) is 17.2 Å². The normalized spacial score (nSPS) is 18.8. The van der Waals surface area contributed by atoms with Gasteiger partial charge in [-0.05, 0) is 86.8 Å². The van der Waals surface area contributed by atoms with Gasteiger partial charge in [-0.3, -0.25) is 0 Å². The zero-order valence-electron chi connectivity index (χ0n) is 24.1. The predicted octanol–water partition coefficient (Wildman–Crippen LogP) is 8.69. The molecule has 0 bridgehead atoms. The van der Waals surface area contributed by atoms with E-state index in [0.717, 1.165) is 30.1 Å². The molecule has 1 N–H and O–H groups in total. The zero-order valence-corrected chi connectivity index (χ0v) is 24.1. The predicted molar refractivity (Wildman–Crippen MR) is 164 cm³/mol. The number of likely N-dealkylation sites (tertiary alicyclic amines) is 1. The van der Waals surface area contributed by atoms with Crippen LogP contribution >= 0.6 is 0 Å². The first kappa shape index (κ1) is 28.5. The van der Waals surface area contributed by atoms with Gasteiger partial charge in [0.15, 0.2) is 0 Å². The molecule has 0 saturated carbocycles. The number of phenolic OH excluding ortho intramolecular Hbond substituents is 1. The highest BCUT2D eigenvalue weighted by Gasteiger charge is 2.33. The van der Waals surface area contributed by atoms with Gasteiger partial charge in [0.25, 0.3) is 0 Å². The third-order valence-electron chi connectivity index (χ3n) is 8.70. The Kier molecular flexibility index (Phi) is 10.8. The first-order valence-electron chi connectivity index (χ1n) is 15.7. The molecule has 4 heteroatoms. The Morgan fingerprint density at radius 3 is 2.12 bits per heavy atom. The van der Waals surface area contributed by atoms with E-state index in [0.29, 0.717) is 6.61 Å². The molecule has 2 heterocycles. The molecule has 214 valence electrons. The molecule has 0 spiro atoms. The Labute approximate surface area is 241 Å². The Bertz CT molecular complexity index is 1140. The van der Waals surface area contributed by atoms with E-state index in [9.17, 15) is 5.11 Å². The lowest BCUT2D eigenvalue weighted by atomic mass is 9.76. The molecule has 2 aliphatic rings. The maximum Gasteiger partial charge on any atom is 0.123 e. The summed E-state index contributed by atoms with van der Waals surface area (Å²) >= 11 is 0. The number of benzene rings is 3. The van der Waals surface area contributed by atoms with Crippen LogP contribution in [0.4, 0.5) is 0 Å². The lowest BCUT2D eigenvalue weighted by Crippen LogP contribution is -2.25. The van der Waals surface area contributed by atoms with Gasteiger partial charge in [-0.15, -0.1) is 0 Å². The van der Waals surface area contributed by atoms with Crippen molar-refractivity contribution in [3.05, 3.63) is 89.5 Å². The topological polar surface area (TPSA) is 41.9 Å². The largest absolute Gasteiger partial charge is 0.508 e. The van der Waals surface area contributed by atoms with Gasteiger partial charge in [0.1, 0.15) is 17.2 Å². The molecule has 0 unspecified atom stereocenters. The average Bonchev–Trinajstić information content (AvgIpc) is 3.51. The maximum atomic E-state index is 10.2. The number of hydrogen-bond donors (Lipinski definition) is 1. The van der Waals surface area contributed by atoms with E-state index in [-0.39, 0.29) is 17.6 Å². The van der Waals surface area contributed by atoms with Crippen LogP contribution < -0.4 is 9.47 Å². The number of phenols is 1. The fourth-order valence-electron chi connectivity index (χ4n) is 6.45. The second-order valence-corrected chi connectivity index (χ2v) is 11.7. The molecular weight excluding hydrogens is 494 g/mol. The fourth-order valence-corrected chi connectivity index (χ4v) is 6.45. The second kappa shape index (κ2) is 15.1. The summed E-state index contributed by atoms with van der Waals surface area (Å²) in [5, 5.41) is 10.2. The number of aromatic hydroxyl groups is 1. The maximum absolute atomic E-state index is 10.2. The number of ether oxygens (including phenoxy) is 2. The van der Waals surface area contributed by atoms with Crippen LogP contribution in [0.2, 0.25) is 0 Å². The minimum Gasteiger partial charge on any atom is -0.508 e. The monoisotopic (exact) mass is 541 g/mol. The van der Waals surface area contributed by atoms with E-state index in [1.165, 1.54) is 95.0 Å². The molecule has 1 fully saturated rings. The highest BCUT2D eigenvalue weighted by atomic mass is 16.5. The number of hydrogen-bond acceptors (Lipinski definition) is 4. The smallest absolute Gasteiger partial charge is 0.123 e. The molecule has 0 aliphatic carbocycles. The van der Waals surface area contributed by atoms with Crippen molar-refractivity contribution in [2.45, 2.75) is 82.5 Å². The molecular formula is C36H47NO3. The first-order chi connectivity index (χ1) is 19.8. The van der Waals surface area contributed by atoms with Gasteiger partial charge in [-0.1, -0.05) is 87.4 Å². The van der Waals surface area contributed by atoms with Crippen molar-refractivity contribution >= 4 is 0 Å². The summed E-state index contributed by atoms with van der Waals surface area (Å²) < 4.78 is 12.2. The molecule has 2 atom stereocenters. The summed E-state index contributed by atoms with van der Waals surface area (Å²) in [6, 6.07) is 24.5. The zero-order chi connectivity index (χ0) is 27.4. The number of fused-ring (bicyclic) bond motifs is 1. The quantitative estimate of drug-likeness (QED) is 0.195. The van der Waals surface area contributed by atoms with E-state index < -0.39 is 0 Å². The van der Waals surface area contributed by atoms with Gasteiger partial charge in [-0.25, -0.2) is 0 Å². The third-order valence-corrected chi connectivity index (χ3v) is 8.70. The van der Waals surface area contributed by atoms with E-state index in [1.807, 2.05) is 18.2 Å². The van der Waals surface area contributed by atoms with Gasteiger partial charge in [0.05, 0.1) is 13.2 Å². The first-order valence-corrected chi connectivity index (χ1v) is 15.7. The summed E-state index contributed by atoms with van der Waals surface area (Å²) in [5.41, 5.74) is 3.50. The molecule has 3 aromatic rings. The van der Waals surface area contributed by atoms with Crippen LogP contribution in [0, 0.1) is 0 Å². The average molecular weight is 542 g/mol. The van der Waals surface area contributed by atoms with E-state index >= 15 is 0 Å². The minimum absolute atomic E-state index is 0.109. The van der Waals surface area contributed by atoms with Gasteiger partial charge in [0, 0.05) is 17.4 Å². The van der Waals surface area contributed by atoms with Crippen molar-refractivity contribution in [2.24, 2.45) is 0 Å². The van der Waals surface area contributed by atoms with E-state index in [1.54, 1.807) is 6.07 Å². The van der Waals surface area contributed by atoms with Gasteiger partial charge >= 0.3 is 0 Å². The highest BCUT2D eigenvalue weighted by molar-refractivity contribution is 5.51. The summed E-state index contributed by atoms with van der Waals surface area (Å²) in [6.07, 6.45) is 14.8. The SMILES string of the molecule is Oc1ccc2c(c1)[C@H](c1ccc(OCCCCCCCCCCCN3CCCC3)cc1)[C@H](c1ccccc1)CO2. The van der Waals surface area contributed by atoms with Crippen molar-refractivity contribution in [1.29, 1.82) is 0 Å². The Balaban J connectivity index is 1.03. The number of unbranched alkanes of at least 4 members (excludes halogenated alkanes) is 8. The van der Waals surface area contributed by atoms with Crippen LogP contribution in [-0.4, -0.2) is 42.9 Å². The summed E-state index contributed by atoms with van der Waals surface area (Å²) in [4.78, 5) is 2.63. The van der Waals surface area contributed by atoms with Crippen molar-refractivity contribution in [1.82, 2.24) is 4.90 Å². The van der Waals surface area contributed by atoms with Crippen molar-refractivity contribution in [2.75, 3.05) is 32.8 Å². The van der Waals surface area contributed by atoms with Crippen molar-refractivity contribution in [3.8, 4) is 17.2 Å². The van der Waals surface area contributed by atoms with E-state index in [2.05, 4.69) is 53.4 Å². The molecule has 2 aliphatic heterocycles. The van der Waals surface area contributed by atoms with Crippen LogP contribution in [0.3, 0.4) is 0 Å². The molecule has 1 saturated heterocycles. The molecule has 4 nitrogen and oxygen atoms in total. The summed E-state index contributed by atoms with van der Waals surface area (Å²) in [7, 11) is 0. The van der Waals surface area contributed by atoms with Gasteiger partial charge in [-0.2, -0.15) is 0 Å². The van der Waals surface area contributed by atoms with Crippen LogP contribution in [0.1, 0.15) is 99.2 Å². The number of nitrogens with zero attached hydrogens (tertiary/aromatic N) is 1. The lowest BCUT2D eigenvalue weighted by Gasteiger charge is -2.34.